The molecule has 1 heterocycles. The van der Waals surface area contributed by atoms with Crippen molar-refractivity contribution in [1.82, 2.24) is 4.98 Å². The maximum Gasteiger partial charge on any atom is 0.226 e. The molecule has 1 aromatic heterocycles. The van der Waals surface area contributed by atoms with Crippen LogP contribution in [0.5, 0.6) is 5.75 Å². The van der Waals surface area contributed by atoms with Gasteiger partial charge in [-0.25, -0.2) is 9.37 Å². The van der Waals surface area contributed by atoms with Crippen molar-refractivity contribution in [1.29, 1.82) is 0 Å². The van der Waals surface area contributed by atoms with E-state index in [2.05, 4.69) is 4.98 Å². The fourth-order valence-electron chi connectivity index (χ4n) is 3.38. The predicted molar refractivity (Wildman–Crippen MR) is 124 cm³/mol. The van der Waals surface area contributed by atoms with Gasteiger partial charge in [0.05, 0.1) is 12.8 Å². The van der Waals surface area contributed by atoms with Crippen LogP contribution in [0.1, 0.15) is 35.7 Å². The molecule has 0 saturated heterocycles. The van der Waals surface area contributed by atoms with Crippen LogP contribution in [0, 0.1) is 5.82 Å². The molecule has 0 aliphatic rings. The lowest BCUT2D eigenvalue weighted by atomic mass is 9.98. The molecule has 0 radical (unpaired) electrons. The summed E-state index contributed by atoms with van der Waals surface area (Å²) in [5, 5.41) is 0.411. The molecule has 0 aliphatic heterocycles. The first-order valence-corrected chi connectivity index (χ1v) is 10.6. The molecule has 0 aliphatic carbocycles. The summed E-state index contributed by atoms with van der Waals surface area (Å²) in [6.45, 7) is 1.73. The highest BCUT2D eigenvalue weighted by Crippen LogP contribution is 2.34. The van der Waals surface area contributed by atoms with Crippen LogP contribution in [-0.2, 0) is 11.2 Å². The van der Waals surface area contributed by atoms with Gasteiger partial charge in [0.15, 0.2) is 5.78 Å². The topological polar surface area (TPSA) is 59.5 Å². The van der Waals surface area contributed by atoms with Crippen molar-refractivity contribution in [3.63, 3.8) is 0 Å². The van der Waals surface area contributed by atoms with E-state index in [9.17, 15) is 14.0 Å². The Morgan fingerprint density at radius 2 is 1.91 bits per heavy atom. The first-order chi connectivity index (χ1) is 15.3. The number of aryl methyl sites for hydroxylation is 1. The zero-order valence-electron chi connectivity index (χ0n) is 18.2. The second-order valence-electron chi connectivity index (χ2n) is 7.30. The van der Waals surface area contributed by atoms with Crippen molar-refractivity contribution in [3.05, 3.63) is 76.8 Å². The van der Waals surface area contributed by atoms with Gasteiger partial charge in [-0.05, 0) is 47.9 Å². The Kier molecular flexibility index (Phi) is 7.59. The van der Waals surface area contributed by atoms with Gasteiger partial charge in [0.25, 0.3) is 0 Å². The Labute approximate surface area is 191 Å². The number of rotatable bonds is 8. The number of methoxy groups -OCH3 is 1. The van der Waals surface area contributed by atoms with Gasteiger partial charge in [-0.2, -0.15) is 0 Å². The molecule has 0 atom stereocenters. The Balaban J connectivity index is 1.80. The monoisotopic (exact) mass is 454 g/mol. The Morgan fingerprint density at radius 1 is 1.12 bits per heavy atom. The number of Topliss-reactive ketones (excluding diaryl/α,β-unsaturated/α-hetero) is 1. The van der Waals surface area contributed by atoms with Crippen molar-refractivity contribution in [2.24, 2.45) is 0 Å². The molecule has 1 amide bonds. The molecule has 0 fully saturated rings. The molecule has 3 rings (SSSR count). The molecular formula is C25H24ClFN2O3. The molecule has 0 N–H and O–H groups in total. The number of ketones is 1. The minimum absolute atomic E-state index is 0.0361. The van der Waals surface area contributed by atoms with Crippen molar-refractivity contribution in [2.45, 2.75) is 26.2 Å². The molecule has 166 valence electrons. The summed E-state index contributed by atoms with van der Waals surface area (Å²) in [7, 11) is 3.05. The second-order valence-corrected chi connectivity index (χ2v) is 7.69. The van der Waals surface area contributed by atoms with Crippen LogP contribution in [0.25, 0.3) is 11.1 Å². The van der Waals surface area contributed by atoms with E-state index >= 15 is 0 Å². The third kappa shape index (κ3) is 5.32. The highest BCUT2D eigenvalue weighted by Gasteiger charge is 2.16. The van der Waals surface area contributed by atoms with Crippen LogP contribution in [0.15, 0.2) is 54.7 Å². The second kappa shape index (κ2) is 10.4. The van der Waals surface area contributed by atoms with Gasteiger partial charge in [0.2, 0.25) is 5.91 Å². The number of anilines is 1. The standard InChI is InChI=1S/C25H24ClFN2O3/c1-4-25(31)29(2)21-10-8-17(13-20(21)27)19-9-7-18(14-23(19)32-3)22(30)11-5-16-6-12-24(26)28-15-16/h6-10,12-15H,4-5,11H2,1-3H3. The maximum atomic E-state index is 14.7. The quantitative estimate of drug-likeness (QED) is 0.322. The molecule has 32 heavy (non-hydrogen) atoms. The third-order valence-electron chi connectivity index (χ3n) is 5.25. The van der Waals surface area contributed by atoms with E-state index in [1.165, 1.54) is 18.1 Å². The SMILES string of the molecule is CCC(=O)N(C)c1ccc(-c2ccc(C(=O)CCc3ccc(Cl)nc3)cc2OC)cc1F. The van der Waals surface area contributed by atoms with Gasteiger partial charge in [0, 0.05) is 37.2 Å². The lowest BCUT2D eigenvalue weighted by molar-refractivity contribution is -0.118. The number of aromatic nitrogens is 1. The summed E-state index contributed by atoms with van der Waals surface area (Å²) >= 11 is 5.79. The van der Waals surface area contributed by atoms with Crippen molar-refractivity contribution < 1.29 is 18.7 Å². The number of pyridine rings is 1. The fraction of sp³-hybridized carbons (Fsp3) is 0.240. The van der Waals surface area contributed by atoms with Gasteiger partial charge in [-0.3, -0.25) is 9.59 Å². The lowest BCUT2D eigenvalue weighted by Crippen LogP contribution is -2.25. The van der Waals surface area contributed by atoms with Crippen LogP contribution in [0.2, 0.25) is 5.15 Å². The van der Waals surface area contributed by atoms with E-state index in [4.69, 9.17) is 16.3 Å². The van der Waals surface area contributed by atoms with Gasteiger partial charge < -0.3 is 9.64 Å². The van der Waals surface area contributed by atoms with Crippen molar-refractivity contribution in [3.8, 4) is 16.9 Å². The molecule has 0 spiro atoms. The predicted octanol–water partition coefficient (Wildman–Crippen LogP) is 5.74. The first kappa shape index (κ1) is 23.4. The summed E-state index contributed by atoms with van der Waals surface area (Å²) in [6, 6.07) is 13.3. The number of nitrogens with zero attached hydrogens (tertiary/aromatic N) is 2. The summed E-state index contributed by atoms with van der Waals surface area (Å²) in [5.41, 5.74) is 2.89. The normalized spacial score (nSPS) is 10.7. The van der Waals surface area contributed by atoms with E-state index in [0.717, 1.165) is 5.56 Å². The Bertz CT molecular complexity index is 1130. The average molecular weight is 455 g/mol. The van der Waals surface area contributed by atoms with Crippen LogP contribution >= 0.6 is 11.6 Å². The van der Waals surface area contributed by atoms with E-state index in [1.54, 1.807) is 56.6 Å². The Hall–Kier alpha value is -3.25. The smallest absolute Gasteiger partial charge is 0.226 e. The van der Waals surface area contributed by atoms with E-state index in [1.807, 2.05) is 6.07 Å². The summed E-state index contributed by atoms with van der Waals surface area (Å²) < 4.78 is 20.2. The molecule has 3 aromatic rings. The zero-order valence-corrected chi connectivity index (χ0v) is 18.9. The van der Waals surface area contributed by atoms with Crippen molar-refractivity contribution >= 4 is 29.0 Å². The highest BCUT2D eigenvalue weighted by atomic mass is 35.5. The Morgan fingerprint density at radius 3 is 2.53 bits per heavy atom. The van der Waals surface area contributed by atoms with E-state index in [-0.39, 0.29) is 23.8 Å². The third-order valence-corrected chi connectivity index (χ3v) is 5.47. The number of ether oxygens (including phenoxy) is 1. The minimum atomic E-state index is -0.509. The number of hydrogen-bond donors (Lipinski definition) is 0. The van der Waals surface area contributed by atoms with Crippen LogP contribution in [0.3, 0.4) is 0 Å². The van der Waals surface area contributed by atoms with Crippen molar-refractivity contribution in [2.75, 3.05) is 19.1 Å². The largest absolute Gasteiger partial charge is 0.496 e. The number of carbonyl (C=O) groups is 2. The summed E-state index contributed by atoms with van der Waals surface area (Å²) in [6.07, 6.45) is 2.80. The number of carbonyl (C=O) groups excluding carboxylic acids is 2. The molecule has 7 heteroatoms. The lowest BCUT2D eigenvalue weighted by Gasteiger charge is -2.18. The van der Waals surface area contributed by atoms with Crippen LogP contribution in [-0.4, -0.2) is 30.8 Å². The van der Waals surface area contributed by atoms with E-state index in [0.29, 0.717) is 40.4 Å². The summed E-state index contributed by atoms with van der Waals surface area (Å²) in [5.74, 6) is -0.253. The molecule has 0 bridgehead atoms. The summed E-state index contributed by atoms with van der Waals surface area (Å²) in [4.78, 5) is 29.9. The molecule has 0 saturated carbocycles. The van der Waals surface area contributed by atoms with Crippen LogP contribution in [0.4, 0.5) is 10.1 Å². The molecule has 0 unspecified atom stereocenters. The molecule has 5 nitrogen and oxygen atoms in total. The van der Waals surface area contributed by atoms with Gasteiger partial charge in [-0.15, -0.1) is 0 Å². The number of benzene rings is 2. The number of hydrogen-bond acceptors (Lipinski definition) is 4. The van der Waals surface area contributed by atoms with Gasteiger partial charge in [-0.1, -0.05) is 36.7 Å². The number of halogens is 2. The van der Waals surface area contributed by atoms with Gasteiger partial charge >= 0.3 is 0 Å². The van der Waals surface area contributed by atoms with E-state index < -0.39 is 5.82 Å². The maximum absolute atomic E-state index is 14.7. The van der Waals surface area contributed by atoms with Crippen LogP contribution < -0.4 is 9.64 Å². The van der Waals surface area contributed by atoms with Gasteiger partial charge in [0.1, 0.15) is 16.7 Å². The molecular weight excluding hydrogens is 431 g/mol. The first-order valence-electron chi connectivity index (χ1n) is 10.2. The number of amides is 1. The fourth-order valence-corrected chi connectivity index (χ4v) is 3.49. The average Bonchev–Trinajstić information content (AvgIpc) is 2.82. The molecule has 2 aromatic carbocycles. The minimum Gasteiger partial charge on any atom is -0.496 e. The highest BCUT2D eigenvalue weighted by molar-refractivity contribution is 6.29. The zero-order chi connectivity index (χ0) is 23.3.